The van der Waals surface area contributed by atoms with E-state index in [9.17, 15) is 0 Å². The molecule has 0 aliphatic carbocycles. The van der Waals surface area contributed by atoms with Crippen LogP contribution in [-0.4, -0.2) is 67.6 Å². The minimum Gasteiger partial charge on any atom is -0.497 e. The third-order valence-corrected chi connectivity index (χ3v) is 4.93. The van der Waals surface area contributed by atoms with Crippen LogP contribution in [0.2, 0.25) is 0 Å². The lowest BCUT2D eigenvalue weighted by molar-refractivity contribution is -0.00803. The summed E-state index contributed by atoms with van der Waals surface area (Å²) in [5, 5.41) is 7.67. The van der Waals surface area contributed by atoms with Gasteiger partial charge >= 0.3 is 0 Å². The largest absolute Gasteiger partial charge is 0.497 e. The van der Waals surface area contributed by atoms with Gasteiger partial charge in [-0.1, -0.05) is 0 Å². The van der Waals surface area contributed by atoms with Gasteiger partial charge in [-0.15, -0.1) is 24.0 Å². The van der Waals surface area contributed by atoms with Crippen LogP contribution in [0, 0.1) is 0 Å². The number of guanidine groups is 1. The van der Waals surface area contributed by atoms with Gasteiger partial charge < -0.3 is 24.4 Å². The highest BCUT2D eigenvalue weighted by molar-refractivity contribution is 14.0. The molecule has 1 aliphatic heterocycles. The Morgan fingerprint density at radius 2 is 2.17 bits per heavy atom. The zero-order valence-electron chi connectivity index (χ0n) is 18.1. The zero-order chi connectivity index (χ0) is 20.6. The van der Waals surface area contributed by atoms with Gasteiger partial charge in [-0.05, 0) is 37.1 Å². The molecular weight excluding hydrogens is 497 g/mol. The van der Waals surface area contributed by atoms with E-state index >= 15 is 0 Å². The predicted molar refractivity (Wildman–Crippen MR) is 128 cm³/mol. The molecule has 2 heterocycles. The molecule has 0 bridgehead atoms. The summed E-state index contributed by atoms with van der Waals surface area (Å²) in [6.45, 7) is 5.77. The number of nitrogens with one attached hydrogen (secondary N) is 1. The number of hydrogen-bond acceptors (Lipinski definition) is 5. The molecule has 1 atom stereocenters. The molecule has 30 heavy (non-hydrogen) atoms. The van der Waals surface area contributed by atoms with Crippen LogP contribution >= 0.6 is 24.0 Å². The van der Waals surface area contributed by atoms with Gasteiger partial charge in [0.05, 0.1) is 33.6 Å². The molecular formula is C21H32IN5O3. The molecule has 1 saturated heterocycles. The van der Waals surface area contributed by atoms with E-state index in [4.69, 9.17) is 19.2 Å². The molecule has 1 aromatic heterocycles. The molecule has 3 rings (SSSR count). The lowest BCUT2D eigenvalue weighted by atomic mass is 10.1. The van der Waals surface area contributed by atoms with Crippen molar-refractivity contribution in [2.45, 2.75) is 19.4 Å². The Morgan fingerprint density at radius 3 is 2.83 bits per heavy atom. The van der Waals surface area contributed by atoms with Gasteiger partial charge in [0.15, 0.2) is 5.96 Å². The van der Waals surface area contributed by atoms with Crippen molar-refractivity contribution in [3.63, 3.8) is 0 Å². The van der Waals surface area contributed by atoms with Crippen LogP contribution in [0.25, 0.3) is 0 Å². The fourth-order valence-electron chi connectivity index (χ4n) is 3.44. The van der Waals surface area contributed by atoms with Gasteiger partial charge in [0.1, 0.15) is 17.6 Å². The maximum absolute atomic E-state index is 5.96. The Kier molecular flexibility index (Phi) is 9.70. The van der Waals surface area contributed by atoms with Crippen LogP contribution in [0.4, 0.5) is 0 Å². The van der Waals surface area contributed by atoms with E-state index < -0.39 is 0 Å². The second-order valence-electron chi connectivity index (χ2n) is 6.92. The monoisotopic (exact) mass is 529 g/mol. The smallest absolute Gasteiger partial charge is 0.194 e. The van der Waals surface area contributed by atoms with Gasteiger partial charge in [0.25, 0.3) is 0 Å². The highest BCUT2D eigenvalue weighted by Crippen LogP contribution is 2.25. The van der Waals surface area contributed by atoms with Gasteiger partial charge in [-0.2, -0.15) is 5.10 Å². The summed E-state index contributed by atoms with van der Waals surface area (Å²) in [7, 11) is 5.28. The summed E-state index contributed by atoms with van der Waals surface area (Å²) in [6, 6.07) is 5.85. The number of morpholine rings is 1. The number of hydrogen-bond donors (Lipinski definition) is 1. The van der Waals surface area contributed by atoms with E-state index in [0.717, 1.165) is 54.6 Å². The van der Waals surface area contributed by atoms with Gasteiger partial charge in [-0.3, -0.25) is 9.67 Å². The van der Waals surface area contributed by atoms with Crippen LogP contribution in [-0.2, 0) is 18.2 Å². The van der Waals surface area contributed by atoms with Crippen molar-refractivity contribution in [3.8, 4) is 11.5 Å². The molecule has 1 fully saturated rings. The number of aromatic nitrogens is 2. The molecule has 166 valence electrons. The summed E-state index contributed by atoms with van der Waals surface area (Å²) >= 11 is 0. The topological polar surface area (TPSA) is 73.1 Å². The molecule has 0 saturated carbocycles. The molecule has 1 N–H and O–H groups in total. The minimum atomic E-state index is -0.000199. The van der Waals surface area contributed by atoms with Crippen LogP contribution in [0.15, 0.2) is 35.6 Å². The maximum atomic E-state index is 5.96. The molecule has 0 amide bonds. The van der Waals surface area contributed by atoms with Gasteiger partial charge in [0.2, 0.25) is 0 Å². The predicted octanol–water partition coefficient (Wildman–Crippen LogP) is 2.64. The molecule has 1 unspecified atom stereocenters. The van der Waals surface area contributed by atoms with E-state index in [1.807, 2.05) is 37.6 Å². The van der Waals surface area contributed by atoms with E-state index in [0.29, 0.717) is 13.2 Å². The van der Waals surface area contributed by atoms with Crippen molar-refractivity contribution in [1.82, 2.24) is 20.0 Å². The summed E-state index contributed by atoms with van der Waals surface area (Å²) in [5.74, 6) is 2.59. The fraction of sp³-hybridized carbons (Fsp3) is 0.524. The number of rotatable bonds is 7. The van der Waals surface area contributed by atoms with Crippen LogP contribution in [0.3, 0.4) is 0 Å². The summed E-state index contributed by atoms with van der Waals surface area (Å²) in [4.78, 5) is 7.11. The zero-order valence-corrected chi connectivity index (χ0v) is 20.5. The van der Waals surface area contributed by atoms with Crippen molar-refractivity contribution in [2.24, 2.45) is 12.0 Å². The second-order valence-corrected chi connectivity index (χ2v) is 6.92. The number of aliphatic imine (C=N–C) groups is 1. The molecule has 1 aliphatic rings. The summed E-state index contributed by atoms with van der Waals surface area (Å²) in [5.41, 5.74) is 2.18. The van der Waals surface area contributed by atoms with Crippen molar-refractivity contribution < 1.29 is 14.2 Å². The Labute approximate surface area is 195 Å². The fourth-order valence-corrected chi connectivity index (χ4v) is 3.44. The van der Waals surface area contributed by atoms with Crippen molar-refractivity contribution >= 4 is 29.9 Å². The van der Waals surface area contributed by atoms with Crippen LogP contribution < -0.4 is 14.8 Å². The molecule has 2 aromatic rings. The molecule has 8 nitrogen and oxygen atoms in total. The number of ether oxygens (including phenoxy) is 3. The molecule has 9 heteroatoms. The van der Waals surface area contributed by atoms with Gasteiger partial charge in [0, 0.05) is 38.4 Å². The lowest BCUT2D eigenvalue weighted by Gasteiger charge is -2.34. The van der Waals surface area contributed by atoms with E-state index in [1.165, 1.54) is 0 Å². The first-order valence-corrected chi connectivity index (χ1v) is 9.99. The van der Waals surface area contributed by atoms with Crippen LogP contribution in [0.1, 0.15) is 24.2 Å². The van der Waals surface area contributed by atoms with Crippen molar-refractivity contribution in [1.29, 1.82) is 0 Å². The normalized spacial score (nSPS) is 16.7. The van der Waals surface area contributed by atoms with Crippen molar-refractivity contribution in [3.05, 3.63) is 41.7 Å². The first-order chi connectivity index (χ1) is 14.1. The van der Waals surface area contributed by atoms with E-state index in [2.05, 4.69) is 22.2 Å². The third-order valence-electron chi connectivity index (χ3n) is 4.93. The second kappa shape index (κ2) is 12.0. The third kappa shape index (κ3) is 6.24. The average molecular weight is 529 g/mol. The number of aryl methyl sites for hydroxylation is 1. The van der Waals surface area contributed by atoms with Crippen LogP contribution in [0.5, 0.6) is 11.5 Å². The van der Waals surface area contributed by atoms with E-state index in [1.54, 1.807) is 18.9 Å². The summed E-state index contributed by atoms with van der Waals surface area (Å²) < 4.78 is 18.6. The Hall–Kier alpha value is -2.01. The first-order valence-electron chi connectivity index (χ1n) is 9.99. The Bertz CT molecular complexity index is 827. The Balaban J connectivity index is 0.00000320. The quantitative estimate of drug-likeness (QED) is 0.338. The van der Waals surface area contributed by atoms with Gasteiger partial charge in [-0.25, -0.2) is 0 Å². The number of methoxy groups -OCH3 is 2. The minimum absolute atomic E-state index is 0. The Morgan fingerprint density at radius 1 is 1.33 bits per heavy atom. The van der Waals surface area contributed by atoms with E-state index in [-0.39, 0.29) is 30.1 Å². The standard InChI is InChI=1S/C21H31N5O3.HI/c1-5-22-21(23-9-8-16-12-18(27-3)6-7-19(16)28-4)26-10-11-29-20(15-26)17-13-24-25(2)14-17;/h6-7,12-14,20H,5,8-11,15H2,1-4H3,(H,22,23);1H. The summed E-state index contributed by atoms with van der Waals surface area (Å²) in [6.07, 6.45) is 4.64. The lowest BCUT2D eigenvalue weighted by Crippen LogP contribution is -2.48. The van der Waals surface area contributed by atoms with Crippen molar-refractivity contribution in [2.75, 3.05) is 47.0 Å². The number of nitrogens with zero attached hydrogens (tertiary/aromatic N) is 4. The molecule has 0 radical (unpaired) electrons. The SMILES string of the molecule is CCNC(=NCCc1cc(OC)ccc1OC)N1CCOC(c2cnn(C)c2)C1.I. The highest BCUT2D eigenvalue weighted by atomic mass is 127. The highest BCUT2D eigenvalue weighted by Gasteiger charge is 2.25. The maximum Gasteiger partial charge on any atom is 0.194 e. The number of benzene rings is 1. The molecule has 0 spiro atoms. The molecule has 1 aromatic carbocycles. The first kappa shape index (κ1) is 24.3. The number of halogens is 1. The average Bonchev–Trinajstić information content (AvgIpc) is 3.19.